The normalized spacial score (nSPS) is 20.0. The zero-order chi connectivity index (χ0) is 15.5. The van der Waals surface area contributed by atoms with E-state index in [-0.39, 0.29) is 0 Å². The molecule has 0 aromatic heterocycles. The van der Waals surface area contributed by atoms with Gasteiger partial charge in [-0.3, -0.25) is 4.90 Å². The zero-order valence-corrected chi connectivity index (χ0v) is 13.2. The maximum absolute atomic E-state index is 12.0. The van der Waals surface area contributed by atoms with Gasteiger partial charge in [0.15, 0.2) is 0 Å². The van der Waals surface area contributed by atoms with Crippen molar-refractivity contribution in [2.45, 2.75) is 38.6 Å². The van der Waals surface area contributed by atoms with Crippen molar-refractivity contribution in [3.8, 4) is 0 Å². The summed E-state index contributed by atoms with van der Waals surface area (Å²) >= 11 is 0. The Balaban J connectivity index is 2.34. The first-order valence-electron chi connectivity index (χ1n) is 7.76. The number of carbonyl (C=O) groups is 1. The minimum atomic E-state index is -0.957. The number of benzene rings is 1. The lowest BCUT2D eigenvalue weighted by Gasteiger charge is -2.37. The lowest BCUT2D eigenvalue weighted by atomic mass is 9.88. The maximum Gasteiger partial charge on any atom is 0.328 e. The van der Waals surface area contributed by atoms with Crippen molar-refractivity contribution in [2.75, 3.05) is 26.2 Å². The first kappa shape index (κ1) is 16.0. The van der Waals surface area contributed by atoms with Gasteiger partial charge in [-0.15, -0.1) is 0 Å². The summed E-state index contributed by atoms with van der Waals surface area (Å²) < 4.78 is 0. The van der Waals surface area contributed by atoms with Crippen molar-refractivity contribution in [2.24, 2.45) is 0 Å². The topological polar surface area (TPSA) is 52.6 Å². The van der Waals surface area contributed by atoms with Crippen LogP contribution >= 0.6 is 0 Å². The molecule has 1 aliphatic heterocycles. The molecular formula is C17H26N2O2. The number of hydrogen-bond acceptors (Lipinski definition) is 3. The summed E-state index contributed by atoms with van der Waals surface area (Å²) in [5.41, 5.74) is 1.15. The van der Waals surface area contributed by atoms with Crippen LogP contribution in [0.1, 0.15) is 44.2 Å². The summed E-state index contributed by atoms with van der Waals surface area (Å²) in [7, 11) is 0. The van der Waals surface area contributed by atoms with Gasteiger partial charge >= 0.3 is 5.97 Å². The number of carboxylic acid groups (broad SMARTS) is 1. The fourth-order valence-electron chi connectivity index (χ4n) is 2.93. The molecule has 1 unspecified atom stereocenters. The SMILES string of the molecule is CC(C)c1ccc(C(C)(C(=O)O)N2CCCNCC2)cc1. The van der Waals surface area contributed by atoms with Crippen LogP contribution in [-0.2, 0) is 10.3 Å². The van der Waals surface area contributed by atoms with Crippen LogP contribution in [0.4, 0.5) is 0 Å². The quantitative estimate of drug-likeness (QED) is 0.894. The van der Waals surface area contributed by atoms with Gasteiger partial charge in [0.1, 0.15) is 5.54 Å². The molecule has 0 amide bonds. The average molecular weight is 290 g/mol. The highest BCUT2D eigenvalue weighted by Gasteiger charge is 2.41. The average Bonchev–Trinajstić information content (AvgIpc) is 2.75. The van der Waals surface area contributed by atoms with E-state index >= 15 is 0 Å². The number of hydrogen-bond donors (Lipinski definition) is 2. The van der Waals surface area contributed by atoms with Gasteiger partial charge < -0.3 is 10.4 Å². The molecule has 0 saturated carbocycles. The van der Waals surface area contributed by atoms with E-state index in [0.29, 0.717) is 5.92 Å². The van der Waals surface area contributed by atoms with Gasteiger partial charge in [-0.1, -0.05) is 38.1 Å². The van der Waals surface area contributed by atoms with E-state index in [0.717, 1.165) is 38.2 Å². The van der Waals surface area contributed by atoms with Crippen LogP contribution < -0.4 is 5.32 Å². The first-order chi connectivity index (χ1) is 9.96. The van der Waals surface area contributed by atoms with Crippen molar-refractivity contribution in [1.29, 1.82) is 0 Å². The summed E-state index contributed by atoms with van der Waals surface area (Å²) in [5, 5.41) is 13.2. The van der Waals surface area contributed by atoms with Crippen LogP contribution in [0.5, 0.6) is 0 Å². The van der Waals surface area contributed by atoms with Gasteiger partial charge in [0, 0.05) is 19.6 Å². The number of nitrogens with zero attached hydrogens (tertiary/aromatic N) is 1. The molecule has 0 radical (unpaired) electrons. The van der Waals surface area contributed by atoms with E-state index in [1.165, 1.54) is 5.56 Å². The second-order valence-corrected chi connectivity index (χ2v) is 6.24. The van der Waals surface area contributed by atoms with Gasteiger partial charge in [0.05, 0.1) is 0 Å². The van der Waals surface area contributed by atoms with E-state index < -0.39 is 11.5 Å². The third kappa shape index (κ3) is 3.27. The lowest BCUT2D eigenvalue weighted by molar-refractivity contribution is -0.151. The van der Waals surface area contributed by atoms with Gasteiger partial charge in [-0.25, -0.2) is 4.79 Å². The molecular weight excluding hydrogens is 264 g/mol. The third-order valence-corrected chi connectivity index (χ3v) is 4.53. The largest absolute Gasteiger partial charge is 0.480 e. The highest BCUT2D eigenvalue weighted by Crippen LogP contribution is 2.30. The monoisotopic (exact) mass is 290 g/mol. The van der Waals surface area contributed by atoms with Crippen LogP contribution in [0, 0.1) is 0 Å². The van der Waals surface area contributed by atoms with Crippen LogP contribution in [-0.4, -0.2) is 42.2 Å². The Hall–Kier alpha value is -1.39. The summed E-state index contributed by atoms with van der Waals surface area (Å²) in [6.45, 7) is 9.48. The van der Waals surface area contributed by atoms with E-state index in [4.69, 9.17) is 0 Å². The molecule has 1 fully saturated rings. The van der Waals surface area contributed by atoms with Crippen LogP contribution in [0.25, 0.3) is 0 Å². The highest BCUT2D eigenvalue weighted by atomic mass is 16.4. The Morgan fingerprint density at radius 2 is 1.90 bits per heavy atom. The summed E-state index contributed by atoms with van der Waals surface area (Å²) in [6.07, 6.45) is 0.979. The zero-order valence-electron chi connectivity index (χ0n) is 13.2. The van der Waals surface area contributed by atoms with E-state index in [2.05, 4.69) is 36.2 Å². The van der Waals surface area contributed by atoms with Crippen molar-refractivity contribution in [3.05, 3.63) is 35.4 Å². The minimum absolute atomic E-state index is 0.456. The fraction of sp³-hybridized carbons (Fsp3) is 0.588. The van der Waals surface area contributed by atoms with Crippen molar-refractivity contribution in [1.82, 2.24) is 10.2 Å². The number of rotatable bonds is 4. The Morgan fingerprint density at radius 3 is 2.48 bits per heavy atom. The molecule has 2 N–H and O–H groups in total. The lowest BCUT2D eigenvalue weighted by Crippen LogP contribution is -2.51. The predicted molar refractivity (Wildman–Crippen MR) is 84.6 cm³/mol. The molecule has 1 atom stereocenters. The van der Waals surface area contributed by atoms with Gasteiger partial charge in [-0.2, -0.15) is 0 Å². The molecule has 1 aromatic rings. The van der Waals surface area contributed by atoms with Crippen molar-refractivity contribution in [3.63, 3.8) is 0 Å². The van der Waals surface area contributed by atoms with Gasteiger partial charge in [0.25, 0.3) is 0 Å². The van der Waals surface area contributed by atoms with Gasteiger partial charge in [-0.05, 0) is 36.9 Å². The van der Waals surface area contributed by atoms with Crippen molar-refractivity contribution >= 4 is 5.97 Å². The smallest absolute Gasteiger partial charge is 0.328 e. The van der Waals surface area contributed by atoms with Crippen molar-refractivity contribution < 1.29 is 9.90 Å². The van der Waals surface area contributed by atoms with Crippen LogP contribution in [0.3, 0.4) is 0 Å². The molecule has 4 nitrogen and oxygen atoms in total. The molecule has 2 rings (SSSR count). The molecule has 116 valence electrons. The predicted octanol–water partition coefficient (Wildman–Crippen LogP) is 2.41. The Morgan fingerprint density at radius 1 is 1.24 bits per heavy atom. The summed E-state index contributed by atoms with van der Waals surface area (Å²) in [4.78, 5) is 14.1. The second kappa shape index (κ2) is 6.58. The molecule has 21 heavy (non-hydrogen) atoms. The molecule has 1 aromatic carbocycles. The second-order valence-electron chi connectivity index (χ2n) is 6.24. The van der Waals surface area contributed by atoms with E-state index in [1.54, 1.807) is 0 Å². The maximum atomic E-state index is 12.0. The Bertz CT molecular complexity index is 476. The molecule has 0 aliphatic carbocycles. The molecule has 4 heteroatoms. The molecule has 0 bridgehead atoms. The first-order valence-corrected chi connectivity index (χ1v) is 7.76. The molecule has 1 saturated heterocycles. The summed E-state index contributed by atoms with van der Waals surface area (Å²) in [5.74, 6) is -0.320. The number of nitrogens with one attached hydrogen (secondary N) is 1. The Kier molecular flexibility index (Phi) is 5.01. The molecule has 0 spiro atoms. The highest BCUT2D eigenvalue weighted by molar-refractivity contribution is 5.80. The standard InChI is InChI=1S/C17H26N2O2/c1-13(2)14-5-7-15(8-6-14)17(3,16(20)21)19-11-4-9-18-10-12-19/h5-8,13,18H,4,9-12H2,1-3H3,(H,20,21). The number of carboxylic acids is 1. The van der Waals surface area contributed by atoms with Crippen LogP contribution in [0.2, 0.25) is 0 Å². The number of aliphatic carboxylic acids is 1. The van der Waals surface area contributed by atoms with Crippen LogP contribution in [0.15, 0.2) is 24.3 Å². The molecule has 1 heterocycles. The fourth-order valence-corrected chi connectivity index (χ4v) is 2.93. The third-order valence-electron chi connectivity index (χ3n) is 4.53. The molecule has 1 aliphatic rings. The Labute approximate surface area is 127 Å². The van der Waals surface area contributed by atoms with Gasteiger partial charge in [0.2, 0.25) is 0 Å². The van der Waals surface area contributed by atoms with E-state index in [9.17, 15) is 9.90 Å². The van der Waals surface area contributed by atoms with E-state index in [1.807, 2.05) is 19.1 Å². The summed E-state index contributed by atoms with van der Waals surface area (Å²) in [6, 6.07) is 8.05. The minimum Gasteiger partial charge on any atom is -0.480 e.